The predicted molar refractivity (Wildman–Crippen MR) is 121 cm³/mol. The van der Waals surface area contributed by atoms with Gasteiger partial charge in [0, 0.05) is 38.1 Å². The summed E-state index contributed by atoms with van der Waals surface area (Å²) in [4.78, 5) is 4.28. The fourth-order valence-corrected chi connectivity index (χ4v) is 5.22. The van der Waals surface area contributed by atoms with E-state index >= 15 is 0 Å². The third kappa shape index (κ3) is 5.79. The quantitative estimate of drug-likeness (QED) is 0.341. The van der Waals surface area contributed by atoms with Crippen molar-refractivity contribution in [2.24, 2.45) is 4.99 Å². The number of halogens is 2. The molecule has 1 aromatic rings. The molecule has 1 aliphatic heterocycles. The fourth-order valence-electron chi connectivity index (χ4n) is 3.68. The summed E-state index contributed by atoms with van der Waals surface area (Å²) in [6.45, 7) is 2.96. The minimum atomic E-state index is -3.12. The van der Waals surface area contributed by atoms with Gasteiger partial charge in [-0.2, -0.15) is 0 Å². The molecule has 6 nitrogen and oxygen atoms in total. The standard InChI is InChI=1S/C19H29FN4O2S.HI/c1-3-12-27(25,26)24-10-8-14(9-11-24)22-19(21-2)23-18-13-16(18)15-6-4-5-7-17(15)20;/h4-7,14,16,18H,3,8-13H2,1-2H3,(H2,21,22,23);1H. The summed E-state index contributed by atoms with van der Waals surface area (Å²) in [5.74, 6) is 0.933. The Morgan fingerprint density at radius 3 is 2.54 bits per heavy atom. The molecule has 1 heterocycles. The van der Waals surface area contributed by atoms with E-state index in [9.17, 15) is 12.8 Å². The van der Waals surface area contributed by atoms with Gasteiger partial charge >= 0.3 is 0 Å². The van der Waals surface area contributed by atoms with Crippen LogP contribution in [0.4, 0.5) is 4.39 Å². The molecule has 0 bridgehead atoms. The number of benzene rings is 1. The third-order valence-electron chi connectivity index (χ3n) is 5.29. The Kier molecular flexibility index (Phi) is 8.50. The zero-order chi connectivity index (χ0) is 19.4. The van der Waals surface area contributed by atoms with Gasteiger partial charge in [0.2, 0.25) is 10.0 Å². The maximum Gasteiger partial charge on any atom is 0.214 e. The fraction of sp³-hybridized carbons (Fsp3) is 0.632. The van der Waals surface area contributed by atoms with Crippen LogP contribution >= 0.6 is 24.0 Å². The van der Waals surface area contributed by atoms with Crippen LogP contribution in [-0.4, -0.2) is 56.7 Å². The lowest BCUT2D eigenvalue weighted by Crippen LogP contribution is -2.50. The molecule has 1 saturated heterocycles. The Bertz CT molecular complexity index is 782. The van der Waals surface area contributed by atoms with Crippen LogP contribution in [0.1, 0.15) is 44.1 Å². The molecule has 28 heavy (non-hydrogen) atoms. The number of hydrogen-bond donors (Lipinski definition) is 2. The van der Waals surface area contributed by atoms with E-state index in [1.54, 1.807) is 17.4 Å². The van der Waals surface area contributed by atoms with Crippen molar-refractivity contribution in [3.8, 4) is 0 Å². The number of nitrogens with zero attached hydrogens (tertiary/aromatic N) is 2. The summed E-state index contributed by atoms with van der Waals surface area (Å²) in [7, 11) is -1.40. The van der Waals surface area contributed by atoms with E-state index in [0.717, 1.165) is 24.8 Å². The Hall–Kier alpha value is -0.940. The largest absolute Gasteiger partial charge is 0.354 e. The molecular formula is C19H30FIN4O2S. The lowest BCUT2D eigenvalue weighted by molar-refractivity contribution is 0.306. The van der Waals surface area contributed by atoms with Gasteiger partial charge in [0.15, 0.2) is 5.96 Å². The highest BCUT2D eigenvalue weighted by molar-refractivity contribution is 14.0. The van der Waals surface area contributed by atoms with Crippen molar-refractivity contribution >= 4 is 40.0 Å². The van der Waals surface area contributed by atoms with Crippen molar-refractivity contribution in [1.82, 2.24) is 14.9 Å². The van der Waals surface area contributed by atoms with Gasteiger partial charge < -0.3 is 10.6 Å². The van der Waals surface area contributed by atoms with Crippen LogP contribution in [0.15, 0.2) is 29.3 Å². The zero-order valence-electron chi connectivity index (χ0n) is 16.4. The van der Waals surface area contributed by atoms with Crippen molar-refractivity contribution in [3.63, 3.8) is 0 Å². The minimum absolute atomic E-state index is 0. The molecule has 158 valence electrons. The number of guanidine groups is 1. The summed E-state index contributed by atoms with van der Waals surface area (Å²) in [5, 5.41) is 6.76. The Morgan fingerprint density at radius 1 is 1.25 bits per heavy atom. The molecule has 2 N–H and O–H groups in total. The summed E-state index contributed by atoms with van der Waals surface area (Å²) in [6.07, 6.45) is 3.03. The molecule has 3 rings (SSSR count). The summed E-state index contributed by atoms with van der Waals surface area (Å²) in [5.41, 5.74) is 0.750. The Balaban J connectivity index is 0.00000280. The second-order valence-corrected chi connectivity index (χ2v) is 9.41. The molecule has 2 atom stereocenters. The van der Waals surface area contributed by atoms with Crippen LogP contribution in [-0.2, 0) is 10.0 Å². The van der Waals surface area contributed by atoms with Crippen molar-refractivity contribution in [1.29, 1.82) is 0 Å². The second-order valence-electron chi connectivity index (χ2n) is 7.32. The van der Waals surface area contributed by atoms with Crippen LogP contribution in [0.25, 0.3) is 0 Å². The third-order valence-corrected chi connectivity index (χ3v) is 7.37. The maximum atomic E-state index is 13.9. The van der Waals surface area contributed by atoms with Crippen molar-refractivity contribution in [3.05, 3.63) is 35.6 Å². The van der Waals surface area contributed by atoms with Crippen molar-refractivity contribution in [2.75, 3.05) is 25.9 Å². The smallest absolute Gasteiger partial charge is 0.214 e. The highest BCUT2D eigenvalue weighted by atomic mass is 127. The molecule has 1 aliphatic carbocycles. The van der Waals surface area contributed by atoms with Crippen LogP contribution in [0, 0.1) is 5.82 Å². The molecule has 2 unspecified atom stereocenters. The molecule has 0 aromatic heterocycles. The molecule has 0 radical (unpaired) electrons. The number of nitrogens with one attached hydrogen (secondary N) is 2. The van der Waals surface area contributed by atoms with E-state index in [1.807, 2.05) is 19.1 Å². The van der Waals surface area contributed by atoms with Crippen molar-refractivity contribution in [2.45, 2.75) is 50.6 Å². The van der Waals surface area contributed by atoms with Crippen LogP contribution in [0.2, 0.25) is 0 Å². The van der Waals surface area contributed by atoms with Gasteiger partial charge in [-0.05, 0) is 37.3 Å². The van der Waals surface area contributed by atoms with E-state index in [2.05, 4.69) is 15.6 Å². The number of piperidine rings is 1. The van der Waals surface area contributed by atoms with Gasteiger partial charge in [0.05, 0.1) is 5.75 Å². The number of rotatable bonds is 6. The number of aliphatic imine (C=N–C) groups is 1. The van der Waals surface area contributed by atoms with Gasteiger partial charge in [-0.1, -0.05) is 25.1 Å². The molecule has 0 spiro atoms. The van der Waals surface area contributed by atoms with Gasteiger partial charge in [0.25, 0.3) is 0 Å². The second kappa shape index (κ2) is 10.2. The summed E-state index contributed by atoms with van der Waals surface area (Å²) < 4.78 is 39.8. The average Bonchev–Trinajstić information content (AvgIpc) is 3.41. The molecule has 1 saturated carbocycles. The molecule has 0 amide bonds. The van der Waals surface area contributed by atoms with E-state index in [0.29, 0.717) is 25.5 Å². The monoisotopic (exact) mass is 524 g/mol. The summed E-state index contributed by atoms with van der Waals surface area (Å²) in [6, 6.07) is 7.27. The lowest BCUT2D eigenvalue weighted by atomic mass is 10.1. The zero-order valence-corrected chi connectivity index (χ0v) is 19.5. The normalized spacial score (nSPS) is 23.8. The molecular weight excluding hydrogens is 494 g/mol. The predicted octanol–water partition coefficient (Wildman–Crippen LogP) is 2.67. The van der Waals surface area contributed by atoms with E-state index in [-0.39, 0.29) is 53.5 Å². The average molecular weight is 524 g/mol. The highest BCUT2D eigenvalue weighted by Crippen LogP contribution is 2.41. The van der Waals surface area contributed by atoms with E-state index < -0.39 is 10.0 Å². The number of hydrogen-bond acceptors (Lipinski definition) is 3. The molecule has 9 heteroatoms. The first-order chi connectivity index (χ1) is 12.9. The first-order valence-electron chi connectivity index (χ1n) is 9.66. The van der Waals surface area contributed by atoms with Crippen LogP contribution in [0.5, 0.6) is 0 Å². The Labute approximate surface area is 184 Å². The van der Waals surface area contributed by atoms with E-state index in [1.165, 1.54) is 6.07 Å². The SMILES string of the molecule is CCCS(=O)(=O)N1CCC(NC(=NC)NC2CC2c2ccccc2F)CC1.I. The van der Waals surface area contributed by atoms with Gasteiger partial charge in [-0.25, -0.2) is 17.1 Å². The van der Waals surface area contributed by atoms with Crippen LogP contribution in [0.3, 0.4) is 0 Å². The first kappa shape index (κ1) is 23.3. The molecule has 2 aliphatic rings. The minimum Gasteiger partial charge on any atom is -0.354 e. The first-order valence-corrected chi connectivity index (χ1v) is 11.3. The lowest BCUT2D eigenvalue weighted by Gasteiger charge is -2.32. The van der Waals surface area contributed by atoms with Gasteiger partial charge in [0.1, 0.15) is 5.82 Å². The Morgan fingerprint density at radius 2 is 1.93 bits per heavy atom. The van der Waals surface area contributed by atoms with E-state index in [4.69, 9.17) is 0 Å². The summed E-state index contributed by atoms with van der Waals surface area (Å²) >= 11 is 0. The maximum absolute atomic E-state index is 13.9. The van der Waals surface area contributed by atoms with Crippen molar-refractivity contribution < 1.29 is 12.8 Å². The highest BCUT2D eigenvalue weighted by Gasteiger charge is 2.40. The number of sulfonamides is 1. The van der Waals surface area contributed by atoms with Gasteiger partial charge in [-0.3, -0.25) is 4.99 Å². The van der Waals surface area contributed by atoms with Gasteiger partial charge in [-0.15, -0.1) is 24.0 Å². The molecule has 1 aromatic carbocycles. The van der Waals surface area contributed by atoms with Crippen LogP contribution < -0.4 is 10.6 Å². The topological polar surface area (TPSA) is 73.8 Å². The molecule has 2 fully saturated rings.